The first-order valence-electron chi connectivity index (χ1n) is 15.5. The van der Waals surface area contributed by atoms with Crippen LogP contribution in [0.4, 0.5) is 0 Å². The minimum atomic E-state index is -0.151. The summed E-state index contributed by atoms with van der Waals surface area (Å²) in [5.74, 6) is 1.58. The zero-order chi connectivity index (χ0) is 32.2. The highest BCUT2D eigenvalue weighted by atomic mass is 16.5. The molecule has 0 aliphatic rings. The quantitative estimate of drug-likeness (QED) is 0.158. The van der Waals surface area contributed by atoms with Crippen LogP contribution in [0.2, 0.25) is 0 Å². The van der Waals surface area contributed by atoms with E-state index in [1.807, 2.05) is 0 Å². The Labute approximate surface area is 260 Å². The molecule has 2 amide bonds. The molecule has 0 heterocycles. The number of hydrogen-bond donors (Lipinski definition) is 2. The molecule has 0 atom stereocenters. The lowest BCUT2D eigenvalue weighted by Gasteiger charge is -2.28. The van der Waals surface area contributed by atoms with Crippen molar-refractivity contribution in [2.75, 3.05) is 26.3 Å². The van der Waals surface area contributed by atoms with E-state index in [1.165, 1.54) is 34.4 Å². The summed E-state index contributed by atoms with van der Waals surface area (Å²) in [6.45, 7) is 27.0. The number of amides is 2. The van der Waals surface area contributed by atoms with Crippen molar-refractivity contribution in [1.29, 1.82) is 0 Å². The standard InChI is InChI=1S/C37H54N2O4/c1-11-32(40)38-17-13-15-19-42-34-28(21-26(3)23-30(34)36(5,6)7)25-29-22-27(4)24-31(37(8,9)10)35(29)43-20-16-14-18-39-33(41)12-2/h11-12,21-24H,1-2,13-20,25H2,3-10H3,(H,38,40)(H,39,41). The summed E-state index contributed by atoms with van der Waals surface area (Å²) in [7, 11) is 0. The minimum absolute atomic E-state index is 0.0996. The van der Waals surface area contributed by atoms with Gasteiger partial charge >= 0.3 is 0 Å². The number of benzene rings is 2. The third kappa shape index (κ3) is 11.6. The fourth-order valence-corrected chi connectivity index (χ4v) is 4.99. The summed E-state index contributed by atoms with van der Waals surface area (Å²) in [4.78, 5) is 22.9. The molecule has 236 valence electrons. The van der Waals surface area contributed by atoms with Crippen LogP contribution in [0, 0.1) is 13.8 Å². The maximum Gasteiger partial charge on any atom is 0.243 e. The van der Waals surface area contributed by atoms with Gasteiger partial charge in [0.25, 0.3) is 0 Å². The van der Waals surface area contributed by atoms with Crippen molar-refractivity contribution < 1.29 is 19.1 Å². The van der Waals surface area contributed by atoms with Gasteiger partial charge in [-0.2, -0.15) is 0 Å². The molecule has 0 unspecified atom stereocenters. The van der Waals surface area contributed by atoms with Gasteiger partial charge in [0.1, 0.15) is 11.5 Å². The predicted molar refractivity (Wildman–Crippen MR) is 178 cm³/mol. The Kier molecular flexibility index (Phi) is 13.6. The topological polar surface area (TPSA) is 76.7 Å². The van der Waals surface area contributed by atoms with Gasteiger partial charge in [-0.3, -0.25) is 9.59 Å². The molecule has 0 saturated carbocycles. The van der Waals surface area contributed by atoms with Gasteiger partial charge in [-0.25, -0.2) is 0 Å². The molecular formula is C37H54N2O4. The van der Waals surface area contributed by atoms with E-state index in [4.69, 9.17) is 9.47 Å². The Hall–Kier alpha value is -3.54. The lowest BCUT2D eigenvalue weighted by molar-refractivity contribution is -0.117. The molecule has 2 aromatic carbocycles. The van der Waals surface area contributed by atoms with Gasteiger partial charge in [-0.15, -0.1) is 0 Å². The molecule has 2 rings (SSSR count). The first kappa shape index (κ1) is 35.7. The molecular weight excluding hydrogens is 536 g/mol. The molecule has 0 spiro atoms. The van der Waals surface area contributed by atoms with Crippen LogP contribution in [0.1, 0.15) is 101 Å². The van der Waals surface area contributed by atoms with Crippen LogP contribution >= 0.6 is 0 Å². The Bertz CT molecular complexity index is 1170. The highest BCUT2D eigenvalue weighted by Gasteiger charge is 2.26. The first-order valence-corrected chi connectivity index (χ1v) is 15.5. The molecule has 0 aliphatic carbocycles. The summed E-state index contributed by atoms with van der Waals surface area (Å²) in [5.41, 5.74) is 6.87. The number of carbonyl (C=O) groups excluding carboxylic acids is 2. The number of unbranched alkanes of at least 4 members (excludes halogenated alkanes) is 2. The molecule has 2 N–H and O–H groups in total. The minimum Gasteiger partial charge on any atom is -0.493 e. The Balaban J connectivity index is 2.39. The van der Waals surface area contributed by atoms with Crippen molar-refractivity contribution in [3.63, 3.8) is 0 Å². The molecule has 0 aliphatic heterocycles. The van der Waals surface area contributed by atoms with E-state index >= 15 is 0 Å². The molecule has 0 aromatic heterocycles. The Morgan fingerprint density at radius 2 is 1.05 bits per heavy atom. The highest BCUT2D eigenvalue weighted by molar-refractivity contribution is 5.87. The number of nitrogens with one attached hydrogen (secondary N) is 2. The van der Waals surface area contributed by atoms with Crippen LogP contribution in [0.5, 0.6) is 11.5 Å². The Morgan fingerprint density at radius 1 is 0.674 bits per heavy atom. The second kappa shape index (κ2) is 16.3. The van der Waals surface area contributed by atoms with Gasteiger partial charge in [0, 0.05) is 30.6 Å². The lowest BCUT2D eigenvalue weighted by Crippen LogP contribution is -2.22. The van der Waals surface area contributed by atoms with Crippen LogP contribution in [0.3, 0.4) is 0 Å². The van der Waals surface area contributed by atoms with Crippen LogP contribution in [0.15, 0.2) is 49.6 Å². The zero-order valence-electron chi connectivity index (χ0n) is 27.9. The fraction of sp³-hybridized carbons (Fsp3) is 0.514. The number of carbonyl (C=O) groups is 2. The number of ether oxygens (including phenoxy) is 2. The van der Waals surface area contributed by atoms with Crippen molar-refractivity contribution >= 4 is 11.8 Å². The average Bonchev–Trinajstić information content (AvgIpc) is 2.92. The maximum absolute atomic E-state index is 11.5. The molecule has 0 radical (unpaired) electrons. The van der Waals surface area contributed by atoms with Crippen molar-refractivity contribution in [1.82, 2.24) is 10.6 Å². The van der Waals surface area contributed by atoms with E-state index in [1.54, 1.807) is 0 Å². The normalized spacial score (nSPS) is 11.5. The predicted octanol–water partition coefficient (Wildman–Crippen LogP) is 7.41. The van der Waals surface area contributed by atoms with Gasteiger partial charge in [0.05, 0.1) is 13.2 Å². The Morgan fingerprint density at radius 3 is 1.37 bits per heavy atom. The van der Waals surface area contributed by atoms with Gasteiger partial charge in [0.2, 0.25) is 11.8 Å². The van der Waals surface area contributed by atoms with E-state index in [-0.39, 0.29) is 22.6 Å². The van der Waals surface area contributed by atoms with Crippen molar-refractivity contribution in [2.45, 2.75) is 98.3 Å². The molecule has 0 bridgehead atoms. The first-order chi connectivity index (χ1) is 20.2. The highest BCUT2D eigenvalue weighted by Crippen LogP contribution is 2.40. The molecule has 0 fully saturated rings. The summed E-state index contributed by atoms with van der Waals surface area (Å²) in [6, 6.07) is 8.95. The summed E-state index contributed by atoms with van der Waals surface area (Å²) < 4.78 is 13.1. The fourth-order valence-electron chi connectivity index (χ4n) is 4.99. The van der Waals surface area contributed by atoms with E-state index in [9.17, 15) is 9.59 Å². The van der Waals surface area contributed by atoms with E-state index < -0.39 is 0 Å². The monoisotopic (exact) mass is 590 g/mol. The van der Waals surface area contributed by atoms with Crippen molar-refractivity contribution in [3.8, 4) is 11.5 Å². The SMILES string of the molecule is C=CC(=O)NCCCCOc1c(Cc2cc(C)cc(C(C)(C)C)c2OCCCCNC(=O)C=C)cc(C)cc1C(C)(C)C. The third-order valence-electron chi connectivity index (χ3n) is 7.22. The van der Waals surface area contributed by atoms with E-state index in [0.29, 0.717) is 32.7 Å². The van der Waals surface area contributed by atoms with Crippen molar-refractivity contribution in [3.05, 3.63) is 83.0 Å². The molecule has 2 aromatic rings. The van der Waals surface area contributed by atoms with Crippen LogP contribution in [-0.2, 0) is 26.8 Å². The zero-order valence-corrected chi connectivity index (χ0v) is 27.9. The van der Waals surface area contributed by atoms with Crippen LogP contribution in [-0.4, -0.2) is 38.1 Å². The van der Waals surface area contributed by atoms with Crippen molar-refractivity contribution in [2.24, 2.45) is 0 Å². The average molecular weight is 591 g/mol. The molecule has 0 saturated heterocycles. The van der Waals surface area contributed by atoms with Crippen LogP contribution < -0.4 is 20.1 Å². The second-order valence-corrected chi connectivity index (χ2v) is 13.4. The molecule has 6 nitrogen and oxygen atoms in total. The maximum atomic E-state index is 11.5. The number of rotatable bonds is 16. The number of aryl methyl sites for hydroxylation is 2. The van der Waals surface area contributed by atoms with Crippen LogP contribution in [0.25, 0.3) is 0 Å². The van der Waals surface area contributed by atoms with Gasteiger partial charge in [0.15, 0.2) is 0 Å². The summed E-state index contributed by atoms with van der Waals surface area (Å²) >= 11 is 0. The third-order valence-corrected chi connectivity index (χ3v) is 7.22. The van der Waals surface area contributed by atoms with E-state index in [2.05, 4.69) is 103 Å². The van der Waals surface area contributed by atoms with Gasteiger partial charge in [-0.1, -0.05) is 90.1 Å². The number of hydrogen-bond acceptors (Lipinski definition) is 4. The van der Waals surface area contributed by atoms with Gasteiger partial charge < -0.3 is 20.1 Å². The lowest BCUT2D eigenvalue weighted by atomic mass is 9.81. The van der Waals surface area contributed by atoms with E-state index in [0.717, 1.165) is 48.3 Å². The smallest absolute Gasteiger partial charge is 0.243 e. The molecule has 6 heteroatoms. The summed E-state index contributed by atoms with van der Waals surface area (Å²) in [6.07, 6.45) is 6.58. The summed E-state index contributed by atoms with van der Waals surface area (Å²) in [5, 5.41) is 5.67. The molecule has 43 heavy (non-hydrogen) atoms. The van der Waals surface area contributed by atoms with Gasteiger partial charge in [-0.05, 0) is 73.6 Å². The second-order valence-electron chi connectivity index (χ2n) is 13.4. The largest absolute Gasteiger partial charge is 0.493 e.